The first-order chi connectivity index (χ1) is 16.6. The second-order valence-electron chi connectivity index (χ2n) is 9.24. The standard InChI is InChI=1S/C27H35N3O4/c1-2-29-17-9-3-4-10-18-30(26(32)20-15-16-28-25(31)19-20)22-12-6-8-14-24(22)34-23-13-7-5-11-21(23)27(29)33/h5,7,11,13,15-16,19,22,24H,2-4,6,8-10,12,14,17-18H2,1H3,(H,28,31)/t22-,24+/m1/s1. The number of carbonyl (C=O) groups excluding carboxylic acids is 2. The molecule has 1 aliphatic heterocycles. The van der Waals surface area contributed by atoms with Gasteiger partial charge in [-0.15, -0.1) is 0 Å². The number of fused-ring (bicyclic) bond motifs is 2. The van der Waals surface area contributed by atoms with Crippen molar-refractivity contribution in [2.45, 2.75) is 70.4 Å². The maximum atomic E-state index is 13.6. The molecule has 2 heterocycles. The Kier molecular flexibility index (Phi) is 8.03. The van der Waals surface area contributed by atoms with Crippen LogP contribution in [0.4, 0.5) is 0 Å². The van der Waals surface area contributed by atoms with Gasteiger partial charge in [-0.2, -0.15) is 0 Å². The molecule has 0 radical (unpaired) electrons. The van der Waals surface area contributed by atoms with Crippen LogP contribution in [0.25, 0.3) is 0 Å². The number of amides is 2. The summed E-state index contributed by atoms with van der Waals surface area (Å²) in [7, 11) is 0. The van der Waals surface area contributed by atoms with E-state index in [1.54, 1.807) is 6.07 Å². The van der Waals surface area contributed by atoms with Crippen LogP contribution >= 0.6 is 0 Å². The number of nitrogens with zero attached hydrogens (tertiary/aromatic N) is 2. The number of carbonyl (C=O) groups is 2. The summed E-state index contributed by atoms with van der Waals surface area (Å²) in [6.45, 7) is 4.02. The second kappa shape index (κ2) is 11.4. The van der Waals surface area contributed by atoms with Gasteiger partial charge >= 0.3 is 0 Å². The fraction of sp³-hybridized carbons (Fsp3) is 0.519. The summed E-state index contributed by atoms with van der Waals surface area (Å²) in [6.07, 6.45) is 8.83. The lowest BCUT2D eigenvalue weighted by Crippen LogP contribution is -2.51. The van der Waals surface area contributed by atoms with E-state index in [4.69, 9.17) is 4.74 Å². The number of hydrogen-bond donors (Lipinski definition) is 1. The van der Waals surface area contributed by atoms with Gasteiger partial charge in [-0.3, -0.25) is 14.4 Å². The van der Waals surface area contributed by atoms with E-state index in [2.05, 4.69) is 4.98 Å². The smallest absolute Gasteiger partial charge is 0.257 e. The number of nitrogens with one attached hydrogen (secondary N) is 1. The molecule has 1 aliphatic carbocycles. The number of rotatable bonds is 2. The number of para-hydroxylation sites is 1. The molecule has 2 atom stereocenters. The maximum absolute atomic E-state index is 13.6. The Labute approximate surface area is 201 Å². The molecule has 4 rings (SSSR count). The lowest BCUT2D eigenvalue weighted by molar-refractivity contribution is 0.0267. The SMILES string of the molecule is CCN1CCCCCCN(C(=O)c2cc[nH]c(=O)c2)[C@@H]2CCCC[C@@H]2Oc2ccccc2C1=O. The van der Waals surface area contributed by atoms with Crippen molar-refractivity contribution in [1.29, 1.82) is 0 Å². The first-order valence-electron chi connectivity index (χ1n) is 12.6. The summed E-state index contributed by atoms with van der Waals surface area (Å²) in [5.74, 6) is 0.461. The molecule has 1 saturated carbocycles. The van der Waals surface area contributed by atoms with Crippen LogP contribution < -0.4 is 10.3 Å². The van der Waals surface area contributed by atoms with Crippen LogP contribution in [0.5, 0.6) is 5.75 Å². The van der Waals surface area contributed by atoms with E-state index in [1.807, 2.05) is 41.0 Å². The molecule has 7 nitrogen and oxygen atoms in total. The zero-order valence-corrected chi connectivity index (χ0v) is 20.0. The van der Waals surface area contributed by atoms with Gasteiger partial charge in [-0.1, -0.05) is 31.4 Å². The minimum Gasteiger partial charge on any atom is -0.487 e. The van der Waals surface area contributed by atoms with Crippen molar-refractivity contribution < 1.29 is 14.3 Å². The molecule has 1 N–H and O–H groups in total. The average molecular weight is 466 g/mol. The number of pyridine rings is 1. The third-order valence-electron chi connectivity index (χ3n) is 6.99. The van der Waals surface area contributed by atoms with Gasteiger partial charge in [0.05, 0.1) is 11.6 Å². The minimum atomic E-state index is -0.280. The van der Waals surface area contributed by atoms with Gasteiger partial charge in [-0.25, -0.2) is 0 Å². The molecular formula is C27H35N3O4. The molecule has 7 heteroatoms. The van der Waals surface area contributed by atoms with Crippen LogP contribution in [0.3, 0.4) is 0 Å². The summed E-state index contributed by atoms with van der Waals surface area (Å²) in [6, 6.07) is 10.4. The maximum Gasteiger partial charge on any atom is 0.257 e. The summed E-state index contributed by atoms with van der Waals surface area (Å²) >= 11 is 0. The Balaban J connectivity index is 1.69. The van der Waals surface area contributed by atoms with E-state index >= 15 is 0 Å². The van der Waals surface area contributed by atoms with Gasteiger partial charge in [0.1, 0.15) is 11.9 Å². The van der Waals surface area contributed by atoms with Crippen molar-refractivity contribution in [2.24, 2.45) is 0 Å². The predicted molar refractivity (Wildman–Crippen MR) is 131 cm³/mol. The van der Waals surface area contributed by atoms with Gasteiger partial charge in [0.25, 0.3) is 11.8 Å². The summed E-state index contributed by atoms with van der Waals surface area (Å²) < 4.78 is 6.54. The molecule has 1 aromatic heterocycles. The van der Waals surface area contributed by atoms with Crippen molar-refractivity contribution in [3.63, 3.8) is 0 Å². The molecule has 182 valence electrons. The van der Waals surface area contributed by atoms with Gasteiger partial charge < -0.3 is 19.5 Å². The summed E-state index contributed by atoms with van der Waals surface area (Å²) in [4.78, 5) is 45.2. The zero-order chi connectivity index (χ0) is 23.9. The van der Waals surface area contributed by atoms with Crippen molar-refractivity contribution in [3.8, 4) is 5.75 Å². The van der Waals surface area contributed by atoms with Crippen molar-refractivity contribution in [3.05, 3.63) is 64.1 Å². The number of H-pyrrole nitrogens is 1. The van der Waals surface area contributed by atoms with Crippen molar-refractivity contribution >= 4 is 11.8 Å². The number of benzene rings is 1. The number of ether oxygens (including phenoxy) is 1. The molecule has 1 aromatic carbocycles. The second-order valence-corrected chi connectivity index (χ2v) is 9.24. The molecule has 1 fully saturated rings. The third kappa shape index (κ3) is 5.51. The van der Waals surface area contributed by atoms with E-state index in [9.17, 15) is 14.4 Å². The van der Waals surface area contributed by atoms with Crippen molar-refractivity contribution in [1.82, 2.24) is 14.8 Å². The highest BCUT2D eigenvalue weighted by Crippen LogP contribution is 2.31. The highest BCUT2D eigenvalue weighted by molar-refractivity contribution is 5.97. The Hall–Kier alpha value is -3.09. The normalized spacial score (nSPS) is 22.2. The zero-order valence-electron chi connectivity index (χ0n) is 20.0. The molecule has 0 saturated heterocycles. The topological polar surface area (TPSA) is 82.7 Å². The number of aromatic amines is 1. The van der Waals surface area contributed by atoms with Gasteiger partial charge in [0.15, 0.2) is 0 Å². The van der Waals surface area contributed by atoms with Crippen molar-refractivity contribution in [2.75, 3.05) is 19.6 Å². The fourth-order valence-corrected chi connectivity index (χ4v) is 5.15. The van der Waals surface area contributed by atoms with Crippen LogP contribution in [0.2, 0.25) is 0 Å². The lowest BCUT2D eigenvalue weighted by atomic mass is 9.90. The number of aromatic nitrogens is 1. The first-order valence-corrected chi connectivity index (χ1v) is 12.6. The summed E-state index contributed by atoms with van der Waals surface area (Å²) in [5.41, 5.74) is 0.707. The highest BCUT2D eigenvalue weighted by Gasteiger charge is 2.35. The van der Waals surface area contributed by atoms with Gasteiger partial charge in [-0.05, 0) is 57.2 Å². The molecule has 0 bridgehead atoms. The lowest BCUT2D eigenvalue weighted by Gasteiger charge is -2.40. The monoisotopic (exact) mass is 465 g/mol. The molecule has 34 heavy (non-hydrogen) atoms. The minimum absolute atomic E-state index is 0.000961. The molecule has 0 spiro atoms. The quantitative estimate of drug-likeness (QED) is 0.719. The van der Waals surface area contributed by atoms with Gasteiger partial charge in [0, 0.05) is 37.5 Å². The van der Waals surface area contributed by atoms with E-state index in [0.717, 1.165) is 51.4 Å². The molecule has 2 aromatic rings. The predicted octanol–water partition coefficient (Wildman–Crippen LogP) is 4.24. The van der Waals surface area contributed by atoms with E-state index in [1.165, 1.54) is 12.3 Å². The van der Waals surface area contributed by atoms with Gasteiger partial charge in [0.2, 0.25) is 5.56 Å². The van der Waals surface area contributed by atoms with Crippen LogP contribution in [0.1, 0.15) is 79.0 Å². The fourth-order valence-electron chi connectivity index (χ4n) is 5.15. The highest BCUT2D eigenvalue weighted by atomic mass is 16.5. The largest absolute Gasteiger partial charge is 0.487 e. The Morgan fingerprint density at radius 2 is 1.76 bits per heavy atom. The van der Waals surface area contributed by atoms with Crippen LogP contribution in [0.15, 0.2) is 47.4 Å². The Morgan fingerprint density at radius 3 is 2.56 bits per heavy atom. The Bertz CT molecular complexity index is 1050. The molecule has 2 aliphatic rings. The summed E-state index contributed by atoms with van der Waals surface area (Å²) in [5, 5.41) is 0. The average Bonchev–Trinajstić information content (AvgIpc) is 2.86. The van der Waals surface area contributed by atoms with Crippen LogP contribution in [-0.2, 0) is 0 Å². The first kappa shape index (κ1) is 24.0. The third-order valence-corrected chi connectivity index (χ3v) is 6.99. The molecule has 2 amide bonds. The van der Waals surface area contributed by atoms with Crippen LogP contribution in [0, 0.1) is 0 Å². The van der Waals surface area contributed by atoms with Crippen LogP contribution in [-0.4, -0.2) is 58.4 Å². The van der Waals surface area contributed by atoms with E-state index in [0.29, 0.717) is 36.5 Å². The number of hydrogen-bond acceptors (Lipinski definition) is 4. The van der Waals surface area contributed by atoms with E-state index in [-0.39, 0.29) is 29.5 Å². The molecule has 0 unspecified atom stereocenters. The van der Waals surface area contributed by atoms with E-state index < -0.39 is 0 Å². The Morgan fingerprint density at radius 1 is 1.00 bits per heavy atom. The molecular weight excluding hydrogens is 430 g/mol.